The summed E-state index contributed by atoms with van der Waals surface area (Å²) in [4.78, 5) is 0. The highest BCUT2D eigenvalue weighted by Gasteiger charge is 2.03. The monoisotopic (exact) mass is 204 g/mol. The van der Waals surface area contributed by atoms with E-state index in [0.29, 0.717) is 13.0 Å². The summed E-state index contributed by atoms with van der Waals surface area (Å²) in [6.07, 6.45) is 0.660. The fourth-order valence-corrected chi connectivity index (χ4v) is 1.35. The summed E-state index contributed by atoms with van der Waals surface area (Å²) in [5.41, 5.74) is 7.24. The lowest BCUT2D eigenvalue weighted by Gasteiger charge is -1.96. The van der Waals surface area contributed by atoms with Gasteiger partial charge in [-0.2, -0.15) is 0 Å². The molecule has 0 saturated carbocycles. The molecule has 0 unspecified atom stereocenters. The molecule has 0 fully saturated rings. The predicted octanol–water partition coefficient (Wildman–Crippen LogP) is 1.43. The first-order valence-electron chi connectivity index (χ1n) is 4.70. The number of aromatic nitrogens is 1. The van der Waals surface area contributed by atoms with E-state index in [9.17, 15) is 0 Å². The second-order valence-corrected chi connectivity index (χ2v) is 3.33. The van der Waals surface area contributed by atoms with Gasteiger partial charge in [0.1, 0.15) is 11.5 Å². The van der Waals surface area contributed by atoms with E-state index in [1.54, 1.807) is 12.1 Å². The Bertz CT molecular complexity index is 434. The van der Waals surface area contributed by atoms with Crippen LogP contribution in [0, 0.1) is 0 Å². The molecule has 0 aliphatic rings. The Hall–Kier alpha value is -1.81. The van der Waals surface area contributed by atoms with E-state index in [-0.39, 0.29) is 5.75 Å². The topological polar surface area (TPSA) is 72.3 Å². The van der Waals surface area contributed by atoms with E-state index in [0.717, 1.165) is 17.0 Å². The molecule has 1 aromatic heterocycles. The highest BCUT2D eigenvalue weighted by Crippen LogP contribution is 2.14. The Morgan fingerprint density at radius 2 is 2.00 bits per heavy atom. The molecular weight excluding hydrogens is 192 g/mol. The molecule has 78 valence electrons. The molecule has 2 aromatic rings. The normalized spacial score (nSPS) is 10.5. The summed E-state index contributed by atoms with van der Waals surface area (Å²) in [5, 5.41) is 12.9. The molecule has 0 atom stereocenters. The van der Waals surface area contributed by atoms with Gasteiger partial charge in [0.25, 0.3) is 0 Å². The zero-order chi connectivity index (χ0) is 10.7. The van der Waals surface area contributed by atoms with Crippen LogP contribution in [0.15, 0.2) is 34.9 Å². The Morgan fingerprint density at radius 3 is 2.60 bits per heavy atom. The van der Waals surface area contributed by atoms with E-state index in [1.165, 1.54) is 0 Å². The van der Waals surface area contributed by atoms with Crippen molar-refractivity contribution >= 4 is 0 Å². The van der Waals surface area contributed by atoms with Gasteiger partial charge in [-0.1, -0.05) is 17.3 Å². The van der Waals surface area contributed by atoms with E-state index in [1.807, 2.05) is 18.2 Å². The van der Waals surface area contributed by atoms with E-state index in [2.05, 4.69) is 5.16 Å². The Balaban J connectivity index is 2.11. The van der Waals surface area contributed by atoms with Crippen molar-refractivity contribution in [3.05, 3.63) is 47.3 Å². The van der Waals surface area contributed by atoms with Crippen molar-refractivity contribution in [3.8, 4) is 5.75 Å². The van der Waals surface area contributed by atoms with Crippen LogP contribution in [0.3, 0.4) is 0 Å². The smallest absolute Gasteiger partial charge is 0.141 e. The lowest BCUT2D eigenvalue weighted by Crippen LogP contribution is -1.95. The summed E-state index contributed by atoms with van der Waals surface area (Å²) >= 11 is 0. The van der Waals surface area contributed by atoms with Gasteiger partial charge in [0.2, 0.25) is 0 Å². The first-order valence-corrected chi connectivity index (χ1v) is 4.70. The number of phenols is 1. The molecule has 3 N–H and O–H groups in total. The van der Waals surface area contributed by atoms with Crippen molar-refractivity contribution in [2.24, 2.45) is 5.73 Å². The molecule has 4 nitrogen and oxygen atoms in total. The third kappa shape index (κ3) is 2.35. The lowest BCUT2D eigenvalue weighted by atomic mass is 10.1. The molecule has 0 aliphatic heterocycles. The van der Waals surface area contributed by atoms with Crippen LogP contribution in [0.4, 0.5) is 0 Å². The van der Waals surface area contributed by atoms with Crippen LogP contribution in [-0.2, 0) is 13.0 Å². The van der Waals surface area contributed by atoms with E-state index in [4.69, 9.17) is 15.4 Å². The number of aromatic hydroxyl groups is 1. The summed E-state index contributed by atoms with van der Waals surface area (Å²) in [7, 11) is 0. The number of benzene rings is 1. The fourth-order valence-electron chi connectivity index (χ4n) is 1.35. The molecule has 2 rings (SSSR count). The number of phenolic OH excluding ortho intramolecular Hbond substituents is 1. The quantitative estimate of drug-likeness (QED) is 0.793. The van der Waals surface area contributed by atoms with Crippen LogP contribution >= 0.6 is 0 Å². The summed E-state index contributed by atoms with van der Waals surface area (Å²) in [5.74, 6) is 1.04. The number of nitrogens with two attached hydrogens (primary N) is 1. The van der Waals surface area contributed by atoms with Gasteiger partial charge >= 0.3 is 0 Å². The molecule has 4 heteroatoms. The molecule has 0 saturated heterocycles. The zero-order valence-electron chi connectivity index (χ0n) is 8.18. The van der Waals surface area contributed by atoms with Crippen molar-refractivity contribution < 1.29 is 9.63 Å². The van der Waals surface area contributed by atoms with Gasteiger partial charge in [-0.05, 0) is 17.7 Å². The van der Waals surface area contributed by atoms with Crippen molar-refractivity contribution in [1.29, 1.82) is 0 Å². The molecule has 0 radical (unpaired) electrons. The standard InChI is InChI=1S/C11H12N2O2/c12-7-9-6-11(15-13-9)5-8-1-3-10(14)4-2-8/h1-4,6,14H,5,7,12H2. The predicted molar refractivity (Wildman–Crippen MR) is 55.3 cm³/mol. The van der Waals surface area contributed by atoms with Crippen LogP contribution in [0.1, 0.15) is 17.0 Å². The molecule has 0 aliphatic carbocycles. The molecule has 0 amide bonds. The maximum atomic E-state index is 9.11. The van der Waals surface area contributed by atoms with Crippen LogP contribution in [0.25, 0.3) is 0 Å². The van der Waals surface area contributed by atoms with Crippen LogP contribution in [0.2, 0.25) is 0 Å². The Kier molecular flexibility index (Phi) is 2.69. The van der Waals surface area contributed by atoms with Gasteiger partial charge in [0.05, 0.1) is 5.69 Å². The maximum absolute atomic E-state index is 9.11. The minimum atomic E-state index is 0.263. The van der Waals surface area contributed by atoms with Gasteiger partial charge in [0.15, 0.2) is 0 Å². The average Bonchev–Trinajstić information content (AvgIpc) is 2.69. The largest absolute Gasteiger partial charge is 0.508 e. The number of hydrogen-bond donors (Lipinski definition) is 2. The molecule has 1 aromatic carbocycles. The molecule has 0 spiro atoms. The third-order valence-electron chi connectivity index (χ3n) is 2.13. The lowest BCUT2D eigenvalue weighted by molar-refractivity contribution is 0.383. The molecular formula is C11H12N2O2. The summed E-state index contributed by atoms with van der Waals surface area (Å²) in [6.45, 7) is 0.388. The third-order valence-corrected chi connectivity index (χ3v) is 2.13. The molecule has 1 heterocycles. The molecule has 0 bridgehead atoms. The van der Waals surface area contributed by atoms with Crippen LogP contribution < -0.4 is 5.73 Å². The van der Waals surface area contributed by atoms with Gasteiger partial charge in [-0.25, -0.2) is 0 Å². The highest BCUT2D eigenvalue weighted by molar-refractivity contribution is 5.28. The van der Waals surface area contributed by atoms with Crippen LogP contribution in [-0.4, -0.2) is 10.3 Å². The van der Waals surface area contributed by atoms with Crippen LogP contribution in [0.5, 0.6) is 5.75 Å². The minimum absolute atomic E-state index is 0.263. The van der Waals surface area contributed by atoms with Crippen molar-refractivity contribution in [1.82, 2.24) is 5.16 Å². The van der Waals surface area contributed by atoms with E-state index >= 15 is 0 Å². The van der Waals surface area contributed by atoms with Gasteiger partial charge in [-0.3, -0.25) is 0 Å². The Morgan fingerprint density at radius 1 is 1.27 bits per heavy atom. The minimum Gasteiger partial charge on any atom is -0.508 e. The molecule has 15 heavy (non-hydrogen) atoms. The van der Waals surface area contributed by atoms with Crippen molar-refractivity contribution in [2.75, 3.05) is 0 Å². The first-order chi connectivity index (χ1) is 7.28. The first kappa shape index (κ1) is 9.73. The van der Waals surface area contributed by atoms with Gasteiger partial charge in [-0.15, -0.1) is 0 Å². The second-order valence-electron chi connectivity index (χ2n) is 3.33. The number of hydrogen-bond acceptors (Lipinski definition) is 4. The fraction of sp³-hybridized carbons (Fsp3) is 0.182. The highest BCUT2D eigenvalue weighted by atomic mass is 16.5. The van der Waals surface area contributed by atoms with Crippen molar-refractivity contribution in [2.45, 2.75) is 13.0 Å². The maximum Gasteiger partial charge on any atom is 0.141 e. The zero-order valence-corrected chi connectivity index (χ0v) is 8.18. The van der Waals surface area contributed by atoms with Gasteiger partial charge < -0.3 is 15.4 Å². The van der Waals surface area contributed by atoms with Gasteiger partial charge in [0, 0.05) is 19.0 Å². The summed E-state index contributed by atoms with van der Waals surface area (Å²) in [6, 6.07) is 8.83. The number of rotatable bonds is 3. The second kappa shape index (κ2) is 4.14. The SMILES string of the molecule is NCc1cc(Cc2ccc(O)cc2)on1. The summed E-state index contributed by atoms with van der Waals surface area (Å²) < 4.78 is 5.10. The van der Waals surface area contributed by atoms with E-state index < -0.39 is 0 Å². The Labute approximate surface area is 87.3 Å². The number of nitrogens with zero attached hydrogens (tertiary/aromatic N) is 1. The van der Waals surface area contributed by atoms with Crippen molar-refractivity contribution in [3.63, 3.8) is 0 Å². The average molecular weight is 204 g/mol.